The van der Waals surface area contributed by atoms with Gasteiger partial charge in [0.25, 0.3) is 0 Å². The van der Waals surface area contributed by atoms with E-state index in [1.807, 2.05) is 0 Å². The maximum absolute atomic E-state index is 14.8. The Morgan fingerprint density at radius 1 is 1.19 bits per heavy atom. The number of pyridine rings is 1. The lowest BCUT2D eigenvalue weighted by Crippen LogP contribution is -2.22. The molecule has 1 atom stereocenters. The Hall–Kier alpha value is -3.21. The number of methoxy groups -OCH3 is 1. The van der Waals surface area contributed by atoms with Crippen molar-refractivity contribution < 1.29 is 36.6 Å². The number of ether oxygens (including phenoxy) is 3. The molecule has 0 aliphatic carbocycles. The summed E-state index contributed by atoms with van der Waals surface area (Å²) in [4.78, 5) is 27.3. The van der Waals surface area contributed by atoms with Gasteiger partial charge < -0.3 is 14.2 Å². The van der Waals surface area contributed by atoms with Gasteiger partial charge in [-0.05, 0) is 38.1 Å². The fourth-order valence-corrected chi connectivity index (χ4v) is 3.55. The van der Waals surface area contributed by atoms with Gasteiger partial charge in [-0.15, -0.1) is 0 Å². The molecule has 0 saturated carbocycles. The Morgan fingerprint density at radius 2 is 1.87 bits per heavy atom. The van der Waals surface area contributed by atoms with Crippen molar-refractivity contribution in [3.8, 4) is 5.88 Å². The molecule has 11 heteroatoms. The molecular formula is C20H23FN2O7S. The van der Waals surface area contributed by atoms with Crippen LogP contribution in [0.4, 0.5) is 15.8 Å². The molecule has 0 saturated heterocycles. The second-order valence-electron chi connectivity index (χ2n) is 6.38. The predicted molar refractivity (Wildman–Crippen MR) is 111 cm³/mol. The SMILES string of the molecule is CCOC(=O)c1ccc(N(c2ccc(OC)nc2CC(C)OC(C)=O)[SH](=O)=O)c(F)c1. The summed E-state index contributed by atoms with van der Waals surface area (Å²) in [6.45, 7) is 4.59. The summed E-state index contributed by atoms with van der Waals surface area (Å²) in [6.07, 6.45) is -0.577. The van der Waals surface area contributed by atoms with E-state index in [1.54, 1.807) is 13.8 Å². The largest absolute Gasteiger partial charge is 0.481 e. The minimum Gasteiger partial charge on any atom is -0.481 e. The van der Waals surface area contributed by atoms with Gasteiger partial charge in [0.1, 0.15) is 11.9 Å². The molecule has 1 unspecified atom stereocenters. The van der Waals surface area contributed by atoms with Crippen LogP contribution in [0.25, 0.3) is 0 Å². The van der Waals surface area contributed by atoms with Gasteiger partial charge >= 0.3 is 11.9 Å². The minimum atomic E-state index is -3.35. The fourth-order valence-electron chi connectivity index (χ4n) is 2.85. The number of carbonyl (C=O) groups is 2. The molecule has 2 aromatic rings. The van der Waals surface area contributed by atoms with E-state index in [9.17, 15) is 22.4 Å². The third-order valence-electron chi connectivity index (χ3n) is 4.06. The number of nitrogens with zero attached hydrogens (tertiary/aromatic N) is 2. The smallest absolute Gasteiger partial charge is 0.338 e. The quantitative estimate of drug-likeness (QED) is 0.455. The molecule has 1 aromatic carbocycles. The molecule has 0 spiro atoms. The number of esters is 2. The van der Waals surface area contributed by atoms with Crippen LogP contribution in [-0.4, -0.2) is 45.2 Å². The number of halogens is 1. The van der Waals surface area contributed by atoms with E-state index < -0.39 is 34.7 Å². The summed E-state index contributed by atoms with van der Waals surface area (Å²) < 4.78 is 54.8. The van der Waals surface area contributed by atoms with Crippen LogP contribution in [0.3, 0.4) is 0 Å². The highest BCUT2D eigenvalue weighted by atomic mass is 32.2. The first-order valence-corrected chi connectivity index (χ1v) is 10.4. The van der Waals surface area contributed by atoms with Crippen LogP contribution in [0.2, 0.25) is 0 Å². The molecule has 1 heterocycles. The van der Waals surface area contributed by atoms with Crippen molar-refractivity contribution in [1.82, 2.24) is 4.98 Å². The van der Waals surface area contributed by atoms with Crippen molar-refractivity contribution in [3.63, 3.8) is 0 Å². The van der Waals surface area contributed by atoms with E-state index in [2.05, 4.69) is 4.98 Å². The fraction of sp³-hybridized carbons (Fsp3) is 0.350. The van der Waals surface area contributed by atoms with Crippen LogP contribution in [0.1, 0.15) is 36.8 Å². The highest BCUT2D eigenvalue weighted by molar-refractivity contribution is 7.74. The van der Waals surface area contributed by atoms with Crippen molar-refractivity contribution in [2.45, 2.75) is 33.3 Å². The first kappa shape index (κ1) is 24.1. The summed E-state index contributed by atoms with van der Waals surface area (Å²) in [7, 11) is -1.96. The van der Waals surface area contributed by atoms with E-state index in [1.165, 1.54) is 32.2 Å². The number of aromatic nitrogens is 1. The lowest BCUT2D eigenvalue weighted by atomic mass is 10.1. The number of hydrogen-bond acceptors (Lipinski definition) is 8. The molecule has 168 valence electrons. The van der Waals surface area contributed by atoms with Crippen LogP contribution < -0.4 is 9.04 Å². The summed E-state index contributed by atoms with van der Waals surface area (Å²) in [6, 6.07) is 6.16. The summed E-state index contributed by atoms with van der Waals surface area (Å²) in [5.74, 6) is -1.98. The maximum atomic E-state index is 14.8. The van der Waals surface area contributed by atoms with Gasteiger partial charge in [0, 0.05) is 19.4 Å². The van der Waals surface area contributed by atoms with Crippen LogP contribution in [0.15, 0.2) is 30.3 Å². The lowest BCUT2D eigenvalue weighted by Gasteiger charge is -2.23. The molecule has 31 heavy (non-hydrogen) atoms. The molecule has 0 aliphatic heterocycles. The Bertz CT molecular complexity index is 1030. The normalized spacial score (nSPS) is 11.7. The number of rotatable bonds is 9. The van der Waals surface area contributed by atoms with Gasteiger partial charge in [-0.3, -0.25) is 4.79 Å². The Morgan fingerprint density at radius 3 is 2.42 bits per heavy atom. The van der Waals surface area contributed by atoms with Gasteiger partial charge in [0.2, 0.25) is 16.8 Å². The van der Waals surface area contributed by atoms with E-state index in [0.717, 1.165) is 16.4 Å². The van der Waals surface area contributed by atoms with Crippen molar-refractivity contribution in [2.24, 2.45) is 0 Å². The van der Waals surface area contributed by atoms with E-state index >= 15 is 0 Å². The summed E-state index contributed by atoms with van der Waals surface area (Å²) in [5.41, 5.74) is -0.0990. The van der Waals surface area contributed by atoms with Gasteiger partial charge in [-0.25, -0.2) is 26.9 Å². The van der Waals surface area contributed by atoms with E-state index in [-0.39, 0.29) is 41.5 Å². The average Bonchev–Trinajstić information content (AvgIpc) is 2.69. The molecule has 1 aromatic heterocycles. The second kappa shape index (κ2) is 10.7. The first-order chi connectivity index (χ1) is 14.7. The molecule has 9 nitrogen and oxygen atoms in total. The number of hydrogen-bond donors (Lipinski definition) is 1. The van der Waals surface area contributed by atoms with Crippen LogP contribution >= 0.6 is 0 Å². The number of benzene rings is 1. The molecular weight excluding hydrogens is 431 g/mol. The minimum absolute atomic E-state index is 0.0499. The van der Waals surface area contributed by atoms with Gasteiger partial charge in [0.15, 0.2) is 0 Å². The topological polar surface area (TPSA) is 112 Å². The number of thiol groups is 1. The Balaban J connectivity index is 2.54. The van der Waals surface area contributed by atoms with Gasteiger partial charge in [0.05, 0.1) is 36.3 Å². The van der Waals surface area contributed by atoms with Crippen molar-refractivity contribution in [1.29, 1.82) is 0 Å². The van der Waals surface area contributed by atoms with Crippen molar-refractivity contribution in [3.05, 3.63) is 47.4 Å². The Kier molecular flexibility index (Phi) is 8.31. The molecule has 0 fully saturated rings. The zero-order valence-corrected chi connectivity index (χ0v) is 18.4. The molecule has 0 aliphatic rings. The summed E-state index contributed by atoms with van der Waals surface area (Å²) >= 11 is 0. The molecule has 0 amide bonds. The highest BCUT2D eigenvalue weighted by Crippen LogP contribution is 2.33. The second-order valence-corrected chi connectivity index (χ2v) is 7.26. The third-order valence-corrected chi connectivity index (χ3v) is 4.82. The zero-order valence-electron chi connectivity index (χ0n) is 17.5. The van der Waals surface area contributed by atoms with Gasteiger partial charge in [-0.1, -0.05) is 0 Å². The van der Waals surface area contributed by atoms with E-state index in [4.69, 9.17) is 14.2 Å². The summed E-state index contributed by atoms with van der Waals surface area (Å²) in [5, 5.41) is 0. The van der Waals surface area contributed by atoms with Crippen LogP contribution in [0, 0.1) is 5.82 Å². The van der Waals surface area contributed by atoms with Crippen LogP contribution in [0.5, 0.6) is 5.88 Å². The Labute approximate surface area is 180 Å². The van der Waals surface area contributed by atoms with Crippen molar-refractivity contribution in [2.75, 3.05) is 18.0 Å². The van der Waals surface area contributed by atoms with E-state index in [0.29, 0.717) is 0 Å². The number of anilines is 2. The molecule has 0 bridgehead atoms. The third kappa shape index (κ3) is 6.14. The number of carbonyl (C=O) groups excluding carboxylic acids is 2. The highest BCUT2D eigenvalue weighted by Gasteiger charge is 2.23. The average molecular weight is 454 g/mol. The zero-order chi connectivity index (χ0) is 23.1. The molecule has 2 rings (SSSR count). The molecule has 0 N–H and O–H groups in total. The lowest BCUT2D eigenvalue weighted by molar-refractivity contribution is -0.145. The van der Waals surface area contributed by atoms with Crippen LogP contribution in [-0.2, 0) is 31.6 Å². The maximum Gasteiger partial charge on any atom is 0.338 e. The van der Waals surface area contributed by atoms with Crippen molar-refractivity contribution >= 4 is 34.2 Å². The van der Waals surface area contributed by atoms with Gasteiger partial charge in [-0.2, -0.15) is 0 Å². The monoisotopic (exact) mass is 454 g/mol. The standard InChI is InChI=1S/C20H23FN2O7S/c1-5-29-20(25)14-6-7-17(15(21)11-14)23(31(26)27)18-8-9-19(28-4)22-16(18)10-12(2)30-13(3)24/h6-9,11-12,31H,5,10H2,1-4H3. The molecule has 0 radical (unpaired) electrons. The predicted octanol–water partition coefficient (Wildman–Crippen LogP) is 2.56. The first-order valence-electron chi connectivity index (χ1n) is 9.30.